The van der Waals surface area contributed by atoms with Gasteiger partial charge in [0, 0.05) is 0 Å². The van der Waals surface area contributed by atoms with Gasteiger partial charge in [-0.15, -0.1) is 0 Å². The molecule has 0 radical (unpaired) electrons. The van der Waals surface area contributed by atoms with Gasteiger partial charge in [-0.25, -0.2) is 0 Å². The summed E-state index contributed by atoms with van der Waals surface area (Å²) >= 11 is 0. The van der Waals surface area contributed by atoms with Crippen molar-refractivity contribution in [2.24, 2.45) is 0 Å². The van der Waals surface area contributed by atoms with Gasteiger partial charge in [0.05, 0.1) is 6.61 Å². The van der Waals surface area contributed by atoms with E-state index in [0.29, 0.717) is 0 Å². The molecule has 0 unspecified atom stereocenters. The van der Waals surface area contributed by atoms with E-state index >= 15 is 0 Å². The van der Waals surface area contributed by atoms with Gasteiger partial charge < -0.3 is 25.2 Å². The van der Waals surface area contributed by atoms with Crippen molar-refractivity contribution >= 4 is 5.78 Å². The Kier molecular flexibility index (Phi) is 2.69. The zero-order valence-electron chi connectivity index (χ0n) is 7.04. The fourth-order valence-corrected chi connectivity index (χ4v) is 1.32. The molecule has 0 aliphatic carbocycles. The Morgan fingerprint density at radius 2 is 2.00 bits per heavy atom. The van der Waals surface area contributed by atoms with Crippen molar-refractivity contribution in [2.45, 2.75) is 31.0 Å². The molecule has 4 N–H and O–H groups in total. The molecule has 1 saturated heterocycles. The van der Waals surface area contributed by atoms with Crippen molar-refractivity contribution in [3.05, 3.63) is 0 Å². The van der Waals surface area contributed by atoms with Crippen molar-refractivity contribution in [1.29, 1.82) is 0 Å². The molecule has 0 aromatic carbocycles. The van der Waals surface area contributed by atoms with Crippen LogP contribution >= 0.6 is 0 Å². The van der Waals surface area contributed by atoms with E-state index in [1.165, 1.54) is 0 Å². The first-order chi connectivity index (χ1) is 5.95. The average molecular weight is 192 g/mol. The van der Waals surface area contributed by atoms with E-state index in [9.17, 15) is 9.90 Å². The summed E-state index contributed by atoms with van der Waals surface area (Å²) in [5.41, 5.74) is -1.89. The monoisotopic (exact) mass is 192 g/mol. The summed E-state index contributed by atoms with van der Waals surface area (Å²) in [7, 11) is 0. The van der Waals surface area contributed by atoms with E-state index in [2.05, 4.69) is 4.74 Å². The standard InChI is InChI=1S/C7H12O6/c1-3(9)7(2-8)5(11)4(10)6(12)13-7/h4-6,8,10-12H,2H2,1H3/t4-,5-,6-,7-/m0/s1. The highest BCUT2D eigenvalue weighted by Gasteiger charge is 2.56. The Hall–Kier alpha value is -0.530. The number of rotatable bonds is 2. The maximum atomic E-state index is 11.0. The van der Waals surface area contributed by atoms with Gasteiger partial charge in [0.1, 0.15) is 12.2 Å². The van der Waals surface area contributed by atoms with Crippen molar-refractivity contribution < 1.29 is 30.0 Å². The molecule has 6 heteroatoms. The first kappa shape index (κ1) is 10.6. The normalized spacial score (nSPS) is 45.2. The van der Waals surface area contributed by atoms with Crippen LogP contribution in [0.4, 0.5) is 0 Å². The second-order valence-corrected chi connectivity index (χ2v) is 3.05. The van der Waals surface area contributed by atoms with E-state index in [4.69, 9.17) is 15.3 Å². The number of carbonyl (C=O) groups is 1. The number of ether oxygens (including phenoxy) is 1. The van der Waals surface area contributed by atoms with Gasteiger partial charge in [-0.1, -0.05) is 0 Å². The number of aliphatic hydroxyl groups excluding tert-OH is 4. The molecule has 0 aromatic rings. The number of aliphatic hydroxyl groups is 4. The molecule has 0 amide bonds. The molecule has 76 valence electrons. The fraction of sp³-hybridized carbons (Fsp3) is 0.857. The summed E-state index contributed by atoms with van der Waals surface area (Å²) in [6, 6.07) is 0. The third-order valence-corrected chi connectivity index (χ3v) is 2.26. The van der Waals surface area contributed by atoms with Crippen LogP contribution in [-0.4, -0.2) is 56.9 Å². The number of carbonyl (C=O) groups excluding carboxylic acids is 1. The van der Waals surface area contributed by atoms with E-state index < -0.39 is 36.5 Å². The highest BCUT2D eigenvalue weighted by Crippen LogP contribution is 2.30. The van der Waals surface area contributed by atoms with E-state index in [1.54, 1.807) is 0 Å². The number of Topliss-reactive ketones (excluding diaryl/α,β-unsaturated/α-hetero) is 1. The minimum atomic E-state index is -1.89. The molecule has 0 saturated carbocycles. The second-order valence-electron chi connectivity index (χ2n) is 3.05. The molecule has 1 rings (SSSR count). The lowest BCUT2D eigenvalue weighted by atomic mass is 9.92. The zero-order chi connectivity index (χ0) is 10.2. The highest BCUT2D eigenvalue weighted by atomic mass is 16.7. The summed E-state index contributed by atoms with van der Waals surface area (Å²) in [5, 5.41) is 36.3. The maximum absolute atomic E-state index is 11.0. The van der Waals surface area contributed by atoms with Gasteiger partial charge >= 0.3 is 0 Å². The average Bonchev–Trinajstić information content (AvgIpc) is 2.30. The highest BCUT2D eigenvalue weighted by molar-refractivity contribution is 5.86. The molecule has 0 spiro atoms. The Labute approximate surface area is 74.4 Å². The summed E-state index contributed by atoms with van der Waals surface area (Å²) in [6.45, 7) is 0.321. The van der Waals surface area contributed by atoms with Gasteiger partial charge in [-0.2, -0.15) is 0 Å². The topological polar surface area (TPSA) is 107 Å². The molecule has 0 aromatic heterocycles. The van der Waals surface area contributed by atoms with Crippen LogP contribution in [0.1, 0.15) is 6.92 Å². The lowest BCUT2D eigenvalue weighted by molar-refractivity contribution is -0.182. The van der Waals surface area contributed by atoms with Crippen molar-refractivity contribution in [3.8, 4) is 0 Å². The number of hydrogen-bond acceptors (Lipinski definition) is 6. The molecule has 6 nitrogen and oxygen atoms in total. The first-order valence-electron chi connectivity index (χ1n) is 3.79. The maximum Gasteiger partial charge on any atom is 0.185 e. The van der Waals surface area contributed by atoms with Crippen molar-refractivity contribution in [2.75, 3.05) is 6.61 Å². The predicted molar refractivity (Wildman–Crippen MR) is 39.6 cm³/mol. The molecular formula is C7H12O6. The quantitative estimate of drug-likeness (QED) is 0.381. The second kappa shape index (κ2) is 3.32. The lowest BCUT2D eigenvalue weighted by Gasteiger charge is -2.26. The molecular weight excluding hydrogens is 180 g/mol. The Morgan fingerprint density at radius 3 is 2.15 bits per heavy atom. The largest absolute Gasteiger partial charge is 0.393 e. The van der Waals surface area contributed by atoms with Crippen molar-refractivity contribution in [1.82, 2.24) is 0 Å². The van der Waals surface area contributed by atoms with Crippen LogP contribution in [0.2, 0.25) is 0 Å². The van der Waals surface area contributed by atoms with Crippen molar-refractivity contribution in [3.63, 3.8) is 0 Å². The van der Waals surface area contributed by atoms with E-state index in [1.807, 2.05) is 0 Å². The molecule has 1 heterocycles. The Balaban J connectivity index is 2.96. The van der Waals surface area contributed by atoms with E-state index in [0.717, 1.165) is 6.92 Å². The van der Waals surface area contributed by atoms with Crippen LogP contribution in [0.5, 0.6) is 0 Å². The molecule has 1 aliphatic rings. The van der Waals surface area contributed by atoms with Crippen LogP contribution in [0.3, 0.4) is 0 Å². The van der Waals surface area contributed by atoms with Crippen LogP contribution in [0, 0.1) is 0 Å². The Morgan fingerprint density at radius 1 is 1.46 bits per heavy atom. The van der Waals surface area contributed by atoms with Crippen LogP contribution in [0.25, 0.3) is 0 Å². The predicted octanol–water partition coefficient (Wildman–Crippen LogP) is -2.62. The summed E-state index contributed by atoms with van der Waals surface area (Å²) in [4.78, 5) is 11.0. The fourth-order valence-electron chi connectivity index (χ4n) is 1.32. The lowest BCUT2D eigenvalue weighted by Crippen LogP contribution is -2.51. The Bertz CT molecular complexity index is 217. The summed E-state index contributed by atoms with van der Waals surface area (Å²) in [5.74, 6) is -0.641. The molecule has 0 bridgehead atoms. The van der Waals surface area contributed by atoms with E-state index in [-0.39, 0.29) is 0 Å². The number of ketones is 1. The molecule has 13 heavy (non-hydrogen) atoms. The van der Waals surface area contributed by atoms with Crippen LogP contribution in [0.15, 0.2) is 0 Å². The van der Waals surface area contributed by atoms with Gasteiger partial charge in [0.2, 0.25) is 0 Å². The summed E-state index contributed by atoms with van der Waals surface area (Å²) in [6.07, 6.45) is -4.83. The van der Waals surface area contributed by atoms with Gasteiger partial charge in [-0.05, 0) is 6.92 Å². The smallest absolute Gasteiger partial charge is 0.185 e. The zero-order valence-corrected chi connectivity index (χ0v) is 7.04. The third kappa shape index (κ3) is 1.36. The van der Waals surface area contributed by atoms with Gasteiger partial charge in [-0.3, -0.25) is 4.79 Å². The third-order valence-electron chi connectivity index (χ3n) is 2.26. The molecule has 4 atom stereocenters. The van der Waals surface area contributed by atoms with Crippen LogP contribution < -0.4 is 0 Å². The first-order valence-corrected chi connectivity index (χ1v) is 3.79. The van der Waals surface area contributed by atoms with Gasteiger partial charge in [0.25, 0.3) is 0 Å². The summed E-state index contributed by atoms with van der Waals surface area (Å²) < 4.78 is 4.64. The number of hydrogen-bond donors (Lipinski definition) is 4. The van der Waals surface area contributed by atoms with Gasteiger partial charge in [0.15, 0.2) is 17.7 Å². The molecule has 1 fully saturated rings. The molecule has 1 aliphatic heterocycles. The minimum absolute atomic E-state index is 0.641. The van der Waals surface area contributed by atoms with Crippen LogP contribution in [-0.2, 0) is 9.53 Å². The SMILES string of the molecule is CC(=O)[C@]1(CO)O[C@H](O)[C@@H](O)[C@@H]1O. The minimum Gasteiger partial charge on any atom is -0.393 e.